The molecule has 1 aromatic rings. The lowest BCUT2D eigenvalue weighted by molar-refractivity contribution is -0.135. The second-order valence-corrected chi connectivity index (χ2v) is 7.55. The van der Waals surface area contributed by atoms with Gasteiger partial charge in [0.05, 0.1) is 39.6 Å². The predicted molar refractivity (Wildman–Crippen MR) is 112 cm³/mol. The summed E-state index contributed by atoms with van der Waals surface area (Å²) in [6.07, 6.45) is -0.0810. The molecule has 1 fully saturated rings. The van der Waals surface area contributed by atoms with E-state index < -0.39 is 12.1 Å². The van der Waals surface area contributed by atoms with Gasteiger partial charge in [-0.15, -0.1) is 0 Å². The van der Waals surface area contributed by atoms with Crippen LogP contribution in [0.4, 0.5) is 4.79 Å². The molecular weight excluding hydrogens is 388 g/mol. The third-order valence-corrected chi connectivity index (χ3v) is 4.58. The summed E-state index contributed by atoms with van der Waals surface area (Å²) in [7, 11) is 0. The van der Waals surface area contributed by atoms with Crippen molar-refractivity contribution in [2.24, 2.45) is 5.92 Å². The lowest BCUT2D eigenvalue weighted by atomic mass is 10.0. The monoisotopic (exact) mass is 422 g/mol. The van der Waals surface area contributed by atoms with Crippen LogP contribution in [0.1, 0.15) is 25.8 Å². The lowest BCUT2D eigenvalue weighted by Crippen LogP contribution is -2.51. The molecule has 0 saturated carbocycles. The van der Waals surface area contributed by atoms with Gasteiger partial charge < -0.3 is 29.2 Å². The minimum absolute atomic E-state index is 0.152. The van der Waals surface area contributed by atoms with Gasteiger partial charge in [0.15, 0.2) is 0 Å². The van der Waals surface area contributed by atoms with Crippen LogP contribution in [0.3, 0.4) is 0 Å². The van der Waals surface area contributed by atoms with Crippen LogP contribution in [0.2, 0.25) is 0 Å². The number of amides is 2. The molecule has 1 aliphatic rings. The number of nitrogens with zero attached hydrogens (tertiary/aromatic N) is 1. The summed E-state index contributed by atoms with van der Waals surface area (Å²) in [5, 5.41) is 2.75. The van der Waals surface area contributed by atoms with Gasteiger partial charge in [0.1, 0.15) is 12.6 Å². The maximum atomic E-state index is 13.2. The molecule has 2 rings (SSSR count). The van der Waals surface area contributed by atoms with Crippen molar-refractivity contribution >= 4 is 12.0 Å². The quantitative estimate of drug-likeness (QED) is 0.757. The summed E-state index contributed by atoms with van der Waals surface area (Å²) in [4.78, 5) is 27.2. The van der Waals surface area contributed by atoms with Crippen LogP contribution in [-0.2, 0) is 30.3 Å². The molecule has 2 amide bonds. The Bertz CT molecular complexity index is 613. The topological polar surface area (TPSA) is 86.3 Å². The number of carbonyl (C=O) groups is 2. The van der Waals surface area contributed by atoms with Crippen LogP contribution in [0, 0.1) is 5.92 Å². The summed E-state index contributed by atoms with van der Waals surface area (Å²) < 4.78 is 21.8. The fourth-order valence-corrected chi connectivity index (χ4v) is 3.04. The molecule has 168 valence electrons. The van der Waals surface area contributed by atoms with E-state index in [1.165, 1.54) is 0 Å². The first-order valence-electron chi connectivity index (χ1n) is 10.6. The highest BCUT2D eigenvalue weighted by atomic mass is 16.6. The zero-order valence-corrected chi connectivity index (χ0v) is 18.0. The number of nitrogens with one attached hydrogen (secondary N) is 1. The molecule has 1 aliphatic heterocycles. The number of hydrogen-bond donors (Lipinski definition) is 1. The molecule has 8 heteroatoms. The normalized spacial score (nSPS) is 17.5. The van der Waals surface area contributed by atoms with Crippen molar-refractivity contribution < 1.29 is 28.5 Å². The maximum Gasteiger partial charge on any atom is 0.408 e. The molecule has 0 aliphatic carbocycles. The smallest absolute Gasteiger partial charge is 0.408 e. The van der Waals surface area contributed by atoms with E-state index in [0.717, 1.165) is 5.56 Å². The average Bonchev–Trinajstić information content (AvgIpc) is 2.72. The first kappa shape index (κ1) is 24.1. The van der Waals surface area contributed by atoms with Gasteiger partial charge in [0.2, 0.25) is 5.91 Å². The van der Waals surface area contributed by atoms with E-state index in [1.807, 2.05) is 44.2 Å². The fraction of sp³-hybridized carbons (Fsp3) is 0.636. The van der Waals surface area contributed by atoms with Gasteiger partial charge in [0, 0.05) is 13.1 Å². The Labute approximate surface area is 178 Å². The summed E-state index contributed by atoms with van der Waals surface area (Å²) >= 11 is 0. The molecule has 0 spiro atoms. The molecule has 0 bridgehead atoms. The van der Waals surface area contributed by atoms with Crippen LogP contribution < -0.4 is 5.32 Å². The van der Waals surface area contributed by atoms with E-state index in [0.29, 0.717) is 59.2 Å². The second-order valence-electron chi connectivity index (χ2n) is 7.55. The van der Waals surface area contributed by atoms with Crippen LogP contribution in [0.25, 0.3) is 0 Å². The molecule has 1 heterocycles. The standard InChI is InChI=1S/C22H34N2O6/c1-18(2)16-20(23-22(26)30-17-19-6-4-3-5-7-19)21(25)24-8-10-27-12-14-29-15-13-28-11-9-24/h3-7,18,20H,8-17H2,1-2H3,(H,23,26)/t20-/m1/s1. The molecule has 1 N–H and O–H groups in total. The number of rotatable bonds is 6. The van der Waals surface area contributed by atoms with E-state index in [4.69, 9.17) is 18.9 Å². The van der Waals surface area contributed by atoms with Crippen LogP contribution >= 0.6 is 0 Å². The molecule has 1 saturated heterocycles. The van der Waals surface area contributed by atoms with Gasteiger partial charge >= 0.3 is 6.09 Å². The van der Waals surface area contributed by atoms with Gasteiger partial charge in [-0.1, -0.05) is 44.2 Å². The van der Waals surface area contributed by atoms with E-state index in [-0.39, 0.29) is 18.4 Å². The molecule has 30 heavy (non-hydrogen) atoms. The predicted octanol–water partition coefficient (Wildman–Crippen LogP) is 2.22. The van der Waals surface area contributed by atoms with Crippen molar-refractivity contribution in [2.75, 3.05) is 52.7 Å². The Morgan fingerprint density at radius 1 is 0.967 bits per heavy atom. The third kappa shape index (κ3) is 9.56. The van der Waals surface area contributed by atoms with Crippen molar-refractivity contribution in [3.8, 4) is 0 Å². The molecule has 8 nitrogen and oxygen atoms in total. The fourth-order valence-electron chi connectivity index (χ4n) is 3.04. The molecule has 1 aromatic carbocycles. The highest BCUT2D eigenvalue weighted by Crippen LogP contribution is 2.10. The Kier molecular flexibility index (Phi) is 11.2. The number of hydrogen-bond acceptors (Lipinski definition) is 6. The van der Waals surface area contributed by atoms with Crippen LogP contribution in [0.15, 0.2) is 30.3 Å². The van der Waals surface area contributed by atoms with Crippen molar-refractivity contribution in [3.05, 3.63) is 35.9 Å². The highest BCUT2D eigenvalue weighted by Gasteiger charge is 2.27. The van der Waals surface area contributed by atoms with Crippen molar-refractivity contribution in [3.63, 3.8) is 0 Å². The molecule has 1 atom stereocenters. The molecule has 0 unspecified atom stereocenters. The second kappa shape index (κ2) is 14.0. The largest absolute Gasteiger partial charge is 0.445 e. The summed E-state index contributed by atoms with van der Waals surface area (Å²) in [5.41, 5.74) is 0.890. The maximum absolute atomic E-state index is 13.2. The summed E-state index contributed by atoms with van der Waals surface area (Å²) in [5.74, 6) is 0.0753. The highest BCUT2D eigenvalue weighted by molar-refractivity contribution is 5.85. The minimum Gasteiger partial charge on any atom is -0.445 e. The van der Waals surface area contributed by atoms with E-state index in [2.05, 4.69) is 5.32 Å². The Balaban J connectivity index is 1.94. The summed E-state index contributed by atoms with van der Waals surface area (Å²) in [6.45, 7) is 7.80. The van der Waals surface area contributed by atoms with Gasteiger partial charge in [0.25, 0.3) is 0 Å². The first-order chi connectivity index (χ1) is 14.6. The number of carbonyl (C=O) groups excluding carboxylic acids is 2. The first-order valence-corrected chi connectivity index (χ1v) is 10.6. The van der Waals surface area contributed by atoms with E-state index >= 15 is 0 Å². The zero-order chi connectivity index (χ0) is 21.6. The van der Waals surface area contributed by atoms with Crippen LogP contribution in [0.5, 0.6) is 0 Å². The van der Waals surface area contributed by atoms with Crippen LogP contribution in [-0.4, -0.2) is 75.7 Å². The summed E-state index contributed by atoms with van der Waals surface area (Å²) in [6, 6.07) is 8.77. The molecule has 0 radical (unpaired) electrons. The van der Waals surface area contributed by atoms with Crippen molar-refractivity contribution in [1.82, 2.24) is 10.2 Å². The van der Waals surface area contributed by atoms with Gasteiger partial charge in [-0.3, -0.25) is 4.79 Å². The number of benzene rings is 1. The van der Waals surface area contributed by atoms with Crippen molar-refractivity contribution in [1.29, 1.82) is 0 Å². The Morgan fingerprint density at radius 3 is 2.10 bits per heavy atom. The SMILES string of the molecule is CC(C)C[C@@H](NC(=O)OCc1ccccc1)C(=O)N1CCOCCOCCOCC1. The Morgan fingerprint density at radius 2 is 1.53 bits per heavy atom. The van der Waals surface area contributed by atoms with E-state index in [1.54, 1.807) is 4.90 Å². The Hall–Kier alpha value is -2.16. The van der Waals surface area contributed by atoms with Crippen molar-refractivity contribution in [2.45, 2.75) is 32.9 Å². The van der Waals surface area contributed by atoms with Gasteiger partial charge in [-0.05, 0) is 17.9 Å². The lowest BCUT2D eigenvalue weighted by Gasteiger charge is -2.29. The van der Waals surface area contributed by atoms with E-state index in [9.17, 15) is 9.59 Å². The zero-order valence-electron chi connectivity index (χ0n) is 18.0. The molecular formula is C22H34N2O6. The number of alkyl carbamates (subject to hydrolysis) is 1. The third-order valence-electron chi connectivity index (χ3n) is 4.58. The van der Waals surface area contributed by atoms with Gasteiger partial charge in [-0.2, -0.15) is 0 Å². The number of ether oxygens (including phenoxy) is 4. The van der Waals surface area contributed by atoms with Gasteiger partial charge in [-0.25, -0.2) is 4.79 Å². The average molecular weight is 423 g/mol. The minimum atomic E-state index is -0.662. The molecule has 0 aromatic heterocycles.